The number of anilines is 2. The zero-order chi connectivity index (χ0) is 19.6. The summed E-state index contributed by atoms with van der Waals surface area (Å²) in [7, 11) is 0. The van der Waals surface area contributed by atoms with E-state index in [1.54, 1.807) is 11.0 Å². The summed E-state index contributed by atoms with van der Waals surface area (Å²) in [6.45, 7) is 2.05. The lowest BCUT2D eigenvalue weighted by molar-refractivity contribution is -0.137. The molecular weight excluding hydrogens is 402 g/mol. The van der Waals surface area contributed by atoms with Crippen molar-refractivity contribution in [2.24, 2.45) is 0 Å². The number of nitrogens with one attached hydrogen (secondary N) is 1. The highest BCUT2D eigenvalue weighted by Crippen LogP contribution is 2.33. The summed E-state index contributed by atoms with van der Waals surface area (Å²) in [6, 6.07) is 9.39. The molecule has 144 valence electrons. The highest BCUT2D eigenvalue weighted by Gasteiger charge is 2.30. The Balaban J connectivity index is 1.58. The molecule has 3 rings (SSSR count). The maximum absolute atomic E-state index is 12.6. The topological polar surface area (TPSA) is 35.6 Å². The quantitative estimate of drug-likeness (QED) is 0.712. The first-order valence-electron chi connectivity index (χ1n) is 8.18. The Kier molecular flexibility index (Phi) is 5.72. The fourth-order valence-corrected chi connectivity index (χ4v) is 3.25. The van der Waals surface area contributed by atoms with Gasteiger partial charge in [0.05, 0.1) is 21.3 Å². The van der Waals surface area contributed by atoms with Crippen LogP contribution in [0, 0.1) is 0 Å². The van der Waals surface area contributed by atoms with E-state index in [4.69, 9.17) is 23.2 Å². The van der Waals surface area contributed by atoms with Gasteiger partial charge in [-0.15, -0.1) is 0 Å². The van der Waals surface area contributed by atoms with Crippen LogP contribution in [0.4, 0.5) is 29.3 Å². The Morgan fingerprint density at radius 3 is 2.19 bits per heavy atom. The zero-order valence-corrected chi connectivity index (χ0v) is 15.6. The molecule has 2 amide bonds. The minimum atomic E-state index is -4.40. The fraction of sp³-hybridized carbons (Fsp3) is 0.278. The summed E-state index contributed by atoms with van der Waals surface area (Å²) in [4.78, 5) is 16.0. The van der Waals surface area contributed by atoms with Crippen molar-refractivity contribution < 1.29 is 18.0 Å². The van der Waals surface area contributed by atoms with Crippen LogP contribution >= 0.6 is 23.2 Å². The van der Waals surface area contributed by atoms with Gasteiger partial charge >= 0.3 is 12.2 Å². The van der Waals surface area contributed by atoms with Gasteiger partial charge in [0.2, 0.25) is 0 Å². The van der Waals surface area contributed by atoms with Crippen LogP contribution in [0.25, 0.3) is 0 Å². The monoisotopic (exact) mass is 417 g/mol. The molecule has 0 saturated carbocycles. The van der Waals surface area contributed by atoms with Gasteiger partial charge in [-0.05, 0) is 36.4 Å². The van der Waals surface area contributed by atoms with Crippen LogP contribution in [0.2, 0.25) is 10.0 Å². The van der Waals surface area contributed by atoms with E-state index >= 15 is 0 Å². The lowest BCUT2D eigenvalue weighted by atomic mass is 10.2. The molecular formula is C18H16Cl2F3N3O. The van der Waals surface area contributed by atoms with E-state index in [9.17, 15) is 18.0 Å². The third-order valence-electron chi connectivity index (χ3n) is 4.30. The molecule has 2 aromatic carbocycles. The smallest absolute Gasteiger partial charge is 0.367 e. The van der Waals surface area contributed by atoms with Gasteiger partial charge in [0.25, 0.3) is 0 Å². The maximum Gasteiger partial charge on any atom is 0.416 e. The molecule has 1 saturated heterocycles. The molecule has 1 N–H and O–H groups in total. The number of urea groups is 1. The largest absolute Gasteiger partial charge is 0.416 e. The molecule has 1 fully saturated rings. The van der Waals surface area contributed by atoms with Crippen molar-refractivity contribution in [2.75, 3.05) is 36.4 Å². The summed E-state index contributed by atoms with van der Waals surface area (Å²) in [5.41, 5.74) is 0.368. The van der Waals surface area contributed by atoms with Crippen LogP contribution < -0.4 is 10.2 Å². The van der Waals surface area contributed by atoms with E-state index in [2.05, 4.69) is 5.32 Å². The van der Waals surface area contributed by atoms with Crippen molar-refractivity contribution in [1.82, 2.24) is 4.90 Å². The molecule has 0 aliphatic carbocycles. The standard InChI is InChI=1S/C18H16Cl2F3N3O/c19-14-2-1-3-15(16(14)20)25-8-10-26(11-9-25)17(27)24-13-6-4-12(5-7-13)18(21,22)23/h1-7H,8-11H2,(H,24,27). The minimum Gasteiger partial charge on any atom is -0.367 e. The Morgan fingerprint density at radius 1 is 0.963 bits per heavy atom. The van der Waals surface area contributed by atoms with Crippen molar-refractivity contribution in [2.45, 2.75) is 6.18 Å². The number of alkyl halides is 3. The van der Waals surface area contributed by atoms with Gasteiger partial charge in [-0.25, -0.2) is 4.79 Å². The molecule has 0 radical (unpaired) electrons. The summed E-state index contributed by atoms with van der Waals surface area (Å²) in [6.07, 6.45) is -4.40. The number of nitrogens with zero attached hydrogens (tertiary/aromatic N) is 2. The SMILES string of the molecule is O=C(Nc1ccc(C(F)(F)F)cc1)N1CCN(c2cccc(Cl)c2Cl)CC1. The van der Waals surface area contributed by atoms with Crippen LogP contribution in [0.3, 0.4) is 0 Å². The number of hydrogen-bond donors (Lipinski definition) is 1. The summed E-state index contributed by atoms with van der Waals surface area (Å²) < 4.78 is 37.8. The number of amides is 2. The fourth-order valence-electron chi connectivity index (χ4n) is 2.83. The van der Waals surface area contributed by atoms with Crippen molar-refractivity contribution in [3.8, 4) is 0 Å². The van der Waals surface area contributed by atoms with Crippen LogP contribution in [0.15, 0.2) is 42.5 Å². The van der Waals surface area contributed by atoms with Gasteiger partial charge in [0.15, 0.2) is 0 Å². The van der Waals surface area contributed by atoms with Crippen molar-refractivity contribution in [3.05, 3.63) is 58.1 Å². The van der Waals surface area contributed by atoms with E-state index in [1.807, 2.05) is 17.0 Å². The number of halogens is 5. The predicted molar refractivity (Wildman–Crippen MR) is 101 cm³/mol. The molecule has 27 heavy (non-hydrogen) atoms. The second-order valence-corrected chi connectivity index (χ2v) is 6.84. The number of carbonyl (C=O) groups excluding carboxylic acids is 1. The van der Waals surface area contributed by atoms with Crippen LogP contribution in [-0.2, 0) is 6.18 Å². The molecule has 0 unspecified atom stereocenters. The van der Waals surface area contributed by atoms with E-state index in [0.29, 0.717) is 41.9 Å². The molecule has 0 spiro atoms. The number of rotatable bonds is 2. The molecule has 0 atom stereocenters. The molecule has 2 aromatic rings. The molecule has 1 heterocycles. The number of hydrogen-bond acceptors (Lipinski definition) is 2. The first kappa shape index (κ1) is 19.6. The summed E-state index contributed by atoms with van der Waals surface area (Å²) in [5, 5.41) is 3.56. The van der Waals surface area contributed by atoms with E-state index < -0.39 is 11.7 Å². The second-order valence-electron chi connectivity index (χ2n) is 6.05. The lowest BCUT2D eigenvalue weighted by Crippen LogP contribution is -2.50. The highest BCUT2D eigenvalue weighted by atomic mass is 35.5. The molecule has 4 nitrogen and oxygen atoms in total. The minimum absolute atomic E-state index is 0.313. The Hall–Kier alpha value is -2.12. The average Bonchev–Trinajstić information content (AvgIpc) is 2.64. The zero-order valence-electron chi connectivity index (χ0n) is 14.1. The lowest BCUT2D eigenvalue weighted by Gasteiger charge is -2.36. The first-order valence-corrected chi connectivity index (χ1v) is 8.93. The third kappa shape index (κ3) is 4.59. The van der Waals surface area contributed by atoms with Crippen LogP contribution in [-0.4, -0.2) is 37.1 Å². The van der Waals surface area contributed by atoms with Crippen molar-refractivity contribution in [1.29, 1.82) is 0 Å². The normalized spacial score (nSPS) is 15.0. The second kappa shape index (κ2) is 7.86. The molecule has 0 bridgehead atoms. The number of benzene rings is 2. The maximum atomic E-state index is 12.6. The van der Waals surface area contributed by atoms with Gasteiger partial charge in [-0.3, -0.25) is 0 Å². The van der Waals surface area contributed by atoms with Gasteiger partial charge in [0.1, 0.15) is 0 Å². The number of piperazine rings is 1. The Morgan fingerprint density at radius 2 is 1.59 bits per heavy atom. The summed E-state index contributed by atoms with van der Waals surface area (Å²) in [5.74, 6) is 0. The molecule has 9 heteroatoms. The molecule has 1 aliphatic rings. The van der Waals surface area contributed by atoms with Crippen molar-refractivity contribution >= 4 is 40.6 Å². The predicted octanol–water partition coefficient (Wildman–Crippen LogP) is 5.37. The van der Waals surface area contributed by atoms with Gasteiger partial charge in [-0.2, -0.15) is 13.2 Å². The van der Waals surface area contributed by atoms with E-state index in [1.165, 1.54) is 12.1 Å². The first-order chi connectivity index (χ1) is 12.8. The van der Waals surface area contributed by atoms with Gasteiger partial charge in [0, 0.05) is 31.9 Å². The Labute approximate surface area is 164 Å². The van der Waals surface area contributed by atoms with E-state index in [0.717, 1.165) is 17.8 Å². The number of carbonyl (C=O) groups is 1. The van der Waals surface area contributed by atoms with Crippen LogP contribution in [0.5, 0.6) is 0 Å². The third-order valence-corrected chi connectivity index (χ3v) is 5.11. The molecule has 0 aromatic heterocycles. The van der Waals surface area contributed by atoms with Gasteiger partial charge < -0.3 is 15.1 Å². The van der Waals surface area contributed by atoms with Gasteiger partial charge in [-0.1, -0.05) is 29.3 Å². The Bertz CT molecular complexity index is 820. The van der Waals surface area contributed by atoms with Crippen LogP contribution in [0.1, 0.15) is 5.56 Å². The van der Waals surface area contributed by atoms with E-state index in [-0.39, 0.29) is 6.03 Å². The summed E-state index contributed by atoms with van der Waals surface area (Å²) >= 11 is 12.3. The highest BCUT2D eigenvalue weighted by molar-refractivity contribution is 6.43. The average molecular weight is 418 g/mol. The molecule has 1 aliphatic heterocycles. The van der Waals surface area contributed by atoms with Crippen molar-refractivity contribution in [3.63, 3.8) is 0 Å².